The SMILES string of the molecule is CCOC(=O)CC1c2ccc(OC(C)C)cc2C(=O)N1CC(C)C.CCOC(=O)CC1c2ccc(OC(C)C)cc2C(=O)N1CC(C)C. The van der Waals surface area contributed by atoms with E-state index in [0.29, 0.717) is 60.8 Å². The van der Waals surface area contributed by atoms with Gasteiger partial charge in [-0.3, -0.25) is 19.2 Å². The molecule has 2 aromatic carbocycles. The van der Waals surface area contributed by atoms with Crippen LogP contribution in [0.15, 0.2) is 36.4 Å². The van der Waals surface area contributed by atoms with Gasteiger partial charge in [0.2, 0.25) is 0 Å². The van der Waals surface area contributed by atoms with Gasteiger partial charge in [0.25, 0.3) is 11.8 Å². The number of carbonyl (C=O) groups is 4. The molecule has 2 aromatic rings. The number of fused-ring (bicyclic) bond motifs is 2. The van der Waals surface area contributed by atoms with Gasteiger partial charge in [-0.1, -0.05) is 39.8 Å². The third-order valence-electron chi connectivity index (χ3n) is 7.70. The Hall–Kier alpha value is -4.08. The molecule has 10 nitrogen and oxygen atoms in total. The molecule has 10 heteroatoms. The van der Waals surface area contributed by atoms with E-state index in [1.54, 1.807) is 35.8 Å². The van der Waals surface area contributed by atoms with Crippen molar-refractivity contribution < 1.29 is 38.1 Å². The van der Waals surface area contributed by atoms with E-state index < -0.39 is 0 Å². The Morgan fingerprint density at radius 1 is 0.625 bits per heavy atom. The smallest absolute Gasteiger partial charge is 0.308 e. The molecule has 48 heavy (non-hydrogen) atoms. The number of esters is 2. The third-order valence-corrected chi connectivity index (χ3v) is 7.70. The van der Waals surface area contributed by atoms with Crippen LogP contribution in [0.5, 0.6) is 11.5 Å². The van der Waals surface area contributed by atoms with Crippen LogP contribution in [0.2, 0.25) is 0 Å². The van der Waals surface area contributed by atoms with Crippen LogP contribution in [0.25, 0.3) is 0 Å². The minimum Gasteiger partial charge on any atom is -0.491 e. The highest BCUT2D eigenvalue weighted by atomic mass is 16.5. The Morgan fingerprint density at radius 2 is 0.979 bits per heavy atom. The number of hydrogen-bond acceptors (Lipinski definition) is 8. The summed E-state index contributed by atoms with van der Waals surface area (Å²) in [4.78, 5) is 53.2. The fourth-order valence-electron chi connectivity index (χ4n) is 6.04. The molecule has 264 valence electrons. The summed E-state index contributed by atoms with van der Waals surface area (Å²) in [5, 5.41) is 0. The van der Waals surface area contributed by atoms with Crippen molar-refractivity contribution in [1.29, 1.82) is 0 Å². The predicted octanol–water partition coefficient (Wildman–Crippen LogP) is 7.16. The molecule has 0 aliphatic carbocycles. The van der Waals surface area contributed by atoms with E-state index >= 15 is 0 Å². The van der Waals surface area contributed by atoms with Gasteiger partial charge in [0.15, 0.2) is 0 Å². The quantitative estimate of drug-likeness (QED) is 0.195. The van der Waals surface area contributed by atoms with Gasteiger partial charge in [0.05, 0.1) is 50.3 Å². The molecule has 2 aliphatic heterocycles. The molecule has 2 unspecified atom stereocenters. The van der Waals surface area contributed by atoms with Crippen molar-refractivity contribution in [2.45, 2.75) is 106 Å². The molecule has 4 rings (SSSR count). The van der Waals surface area contributed by atoms with Crippen LogP contribution in [-0.2, 0) is 19.1 Å². The normalized spacial score (nSPS) is 16.7. The van der Waals surface area contributed by atoms with Crippen molar-refractivity contribution in [1.82, 2.24) is 9.80 Å². The first-order chi connectivity index (χ1) is 22.7. The topological polar surface area (TPSA) is 112 Å². The zero-order valence-electron chi connectivity index (χ0n) is 30.3. The average molecular weight is 667 g/mol. The lowest BCUT2D eigenvalue weighted by Crippen LogP contribution is -2.33. The van der Waals surface area contributed by atoms with Gasteiger partial charge in [0, 0.05) is 24.2 Å². The Bertz CT molecular complexity index is 1330. The first-order valence-corrected chi connectivity index (χ1v) is 17.2. The Kier molecular flexibility index (Phi) is 13.9. The monoisotopic (exact) mass is 666 g/mol. The first-order valence-electron chi connectivity index (χ1n) is 17.2. The van der Waals surface area contributed by atoms with E-state index in [9.17, 15) is 19.2 Å². The minimum absolute atomic E-state index is 0.0396. The summed E-state index contributed by atoms with van der Waals surface area (Å²) >= 11 is 0. The second-order valence-electron chi connectivity index (χ2n) is 13.6. The van der Waals surface area contributed by atoms with Crippen LogP contribution in [0.3, 0.4) is 0 Å². The fraction of sp³-hybridized carbons (Fsp3) is 0.579. The molecule has 0 N–H and O–H groups in total. The zero-order chi connectivity index (χ0) is 35.7. The maximum Gasteiger partial charge on any atom is 0.308 e. The van der Waals surface area contributed by atoms with Gasteiger partial charge >= 0.3 is 11.9 Å². The van der Waals surface area contributed by atoms with E-state index in [1.807, 2.05) is 52.0 Å². The van der Waals surface area contributed by atoms with Gasteiger partial charge in [-0.2, -0.15) is 0 Å². The lowest BCUT2D eigenvalue weighted by atomic mass is 10.0. The summed E-state index contributed by atoms with van der Waals surface area (Å²) in [6.07, 6.45) is 0.455. The predicted molar refractivity (Wildman–Crippen MR) is 184 cm³/mol. The third kappa shape index (κ3) is 9.97. The van der Waals surface area contributed by atoms with Crippen molar-refractivity contribution in [3.63, 3.8) is 0 Å². The van der Waals surface area contributed by atoms with Crippen molar-refractivity contribution in [2.24, 2.45) is 11.8 Å². The van der Waals surface area contributed by atoms with E-state index in [1.165, 1.54) is 0 Å². The summed E-state index contributed by atoms with van der Waals surface area (Å²) < 4.78 is 21.6. The number of rotatable bonds is 14. The van der Waals surface area contributed by atoms with Crippen LogP contribution in [-0.4, -0.2) is 72.1 Å². The summed E-state index contributed by atoms with van der Waals surface area (Å²) in [7, 11) is 0. The summed E-state index contributed by atoms with van der Waals surface area (Å²) in [5.74, 6) is 1.36. The summed E-state index contributed by atoms with van der Waals surface area (Å²) in [6.45, 7) is 21.5. The highest BCUT2D eigenvalue weighted by Gasteiger charge is 2.40. The largest absolute Gasteiger partial charge is 0.491 e. The average Bonchev–Trinajstić information content (AvgIpc) is 3.37. The number of ether oxygens (including phenoxy) is 4. The molecule has 0 fully saturated rings. The van der Waals surface area contributed by atoms with Gasteiger partial charge in [0.1, 0.15) is 11.5 Å². The van der Waals surface area contributed by atoms with Gasteiger partial charge in [-0.15, -0.1) is 0 Å². The van der Waals surface area contributed by atoms with Crippen LogP contribution < -0.4 is 9.47 Å². The summed E-state index contributed by atoms with van der Waals surface area (Å²) in [5.41, 5.74) is 3.01. The highest BCUT2D eigenvalue weighted by Crippen LogP contribution is 2.40. The van der Waals surface area contributed by atoms with Crippen molar-refractivity contribution in [2.75, 3.05) is 26.3 Å². The lowest BCUT2D eigenvalue weighted by Gasteiger charge is -2.26. The van der Waals surface area contributed by atoms with Gasteiger partial charge in [-0.05, 0) is 88.8 Å². The number of carbonyl (C=O) groups excluding carboxylic acids is 4. The molecule has 2 atom stereocenters. The molecule has 0 saturated carbocycles. The van der Waals surface area contributed by atoms with Crippen molar-refractivity contribution in [3.05, 3.63) is 58.7 Å². The maximum atomic E-state index is 12.8. The number of nitrogens with zero attached hydrogens (tertiary/aromatic N) is 2. The molecule has 0 bridgehead atoms. The van der Waals surface area contributed by atoms with E-state index in [2.05, 4.69) is 27.7 Å². The molecule has 0 saturated heterocycles. The highest BCUT2D eigenvalue weighted by molar-refractivity contribution is 6.01. The van der Waals surface area contributed by atoms with Gasteiger partial charge in [-0.25, -0.2) is 0 Å². The maximum absolute atomic E-state index is 12.8. The molecule has 0 radical (unpaired) electrons. The molecule has 0 aromatic heterocycles. The number of amides is 2. The Morgan fingerprint density at radius 3 is 1.27 bits per heavy atom. The molecular weight excluding hydrogens is 612 g/mol. The van der Waals surface area contributed by atoms with E-state index in [0.717, 1.165) is 11.1 Å². The molecule has 0 spiro atoms. The second-order valence-corrected chi connectivity index (χ2v) is 13.6. The molecule has 2 aliphatic rings. The number of benzene rings is 2. The fourth-order valence-corrected chi connectivity index (χ4v) is 6.04. The van der Waals surface area contributed by atoms with Crippen molar-refractivity contribution >= 4 is 23.8 Å². The molecule has 2 heterocycles. The van der Waals surface area contributed by atoms with Crippen LogP contribution >= 0.6 is 0 Å². The Balaban J connectivity index is 0.000000260. The molecular formula is C38H54N2O8. The summed E-state index contributed by atoms with van der Waals surface area (Å²) in [6, 6.07) is 10.6. The van der Waals surface area contributed by atoms with Crippen LogP contribution in [0, 0.1) is 11.8 Å². The van der Waals surface area contributed by atoms with Crippen LogP contribution in [0.4, 0.5) is 0 Å². The minimum atomic E-state index is -0.278. The Labute approximate surface area is 286 Å². The molecule has 2 amide bonds. The second kappa shape index (κ2) is 17.4. The van der Waals surface area contributed by atoms with Gasteiger partial charge < -0.3 is 28.7 Å². The lowest BCUT2D eigenvalue weighted by molar-refractivity contribution is -0.145. The number of hydrogen-bond donors (Lipinski definition) is 0. The van der Waals surface area contributed by atoms with Crippen molar-refractivity contribution in [3.8, 4) is 11.5 Å². The van der Waals surface area contributed by atoms with Crippen LogP contribution in [0.1, 0.15) is 126 Å². The zero-order valence-corrected chi connectivity index (χ0v) is 30.3. The van der Waals surface area contributed by atoms with E-state index in [4.69, 9.17) is 18.9 Å². The standard InChI is InChI=1S/2C19H27NO4/c2*1-6-23-18(21)10-17-15-8-7-14(24-13(4)5)9-16(15)19(22)20(17)11-12(2)3/h2*7-9,12-13,17H,6,10-11H2,1-5H3. The first kappa shape index (κ1) is 38.4. The van der Waals surface area contributed by atoms with E-state index in [-0.39, 0.29) is 60.9 Å².